The second-order valence-corrected chi connectivity index (χ2v) is 4.44. The number of hydrogen-bond donors (Lipinski definition) is 2. The Morgan fingerprint density at radius 3 is 2.41 bits per heavy atom. The van der Waals surface area contributed by atoms with Gasteiger partial charge in [0.1, 0.15) is 5.60 Å². The molecule has 0 bridgehead atoms. The minimum absolute atomic E-state index is 0. The van der Waals surface area contributed by atoms with E-state index in [4.69, 9.17) is 10.5 Å². The molecule has 0 atom stereocenters. The predicted octanol–water partition coefficient (Wildman–Crippen LogP) is 1.01. The van der Waals surface area contributed by atoms with Crippen LogP contribution in [-0.2, 0) is 4.74 Å². The Morgan fingerprint density at radius 2 is 2.00 bits per heavy atom. The van der Waals surface area contributed by atoms with Crippen LogP contribution >= 0.6 is 24.0 Å². The molecule has 0 aromatic heterocycles. The van der Waals surface area contributed by atoms with E-state index in [2.05, 4.69) is 10.3 Å². The SMILES string of the molecule is CN=C(N)NCCN(C)C(=O)OC(C)(C)C.I. The molecule has 0 saturated heterocycles. The lowest BCUT2D eigenvalue weighted by molar-refractivity contribution is 0.0302. The lowest BCUT2D eigenvalue weighted by Gasteiger charge is -2.24. The van der Waals surface area contributed by atoms with E-state index >= 15 is 0 Å². The van der Waals surface area contributed by atoms with Gasteiger partial charge in [0.25, 0.3) is 0 Å². The van der Waals surface area contributed by atoms with Gasteiger partial charge in [-0.3, -0.25) is 4.99 Å². The van der Waals surface area contributed by atoms with Crippen molar-refractivity contribution in [1.29, 1.82) is 0 Å². The van der Waals surface area contributed by atoms with Gasteiger partial charge in [-0.15, -0.1) is 24.0 Å². The first-order chi connectivity index (χ1) is 7.26. The topological polar surface area (TPSA) is 80.0 Å². The fourth-order valence-electron chi connectivity index (χ4n) is 0.862. The number of amides is 1. The number of carbonyl (C=O) groups is 1. The fraction of sp³-hybridized carbons (Fsp3) is 0.800. The second kappa shape index (κ2) is 8.37. The lowest BCUT2D eigenvalue weighted by Crippen LogP contribution is -2.41. The average Bonchev–Trinajstić information content (AvgIpc) is 2.14. The van der Waals surface area contributed by atoms with Crippen molar-refractivity contribution >= 4 is 36.0 Å². The Hall–Kier alpha value is -0.730. The largest absolute Gasteiger partial charge is 0.444 e. The van der Waals surface area contributed by atoms with Crippen molar-refractivity contribution in [3.8, 4) is 0 Å². The Balaban J connectivity index is 0. The number of ether oxygens (including phenoxy) is 1. The van der Waals surface area contributed by atoms with Gasteiger partial charge >= 0.3 is 6.09 Å². The third-order valence-electron chi connectivity index (χ3n) is 1.70. The molecule has 0 spiro atoms. The number of nitrogens with two attached hydrogens (primary N) is 1. The molecule has 1 amide bonds. The third-order valence-corrected chi connectivity index (χ3v) is 1.70. The summed E-state index contributed by atoms with van der Waals surface area (Å²) in [5, 5.41) is 2.86. The number of halogens is 1. The van der Waals surface area contributed by atoms with Gasteiger partial charge in [-0.1, -0.05) is 0 Å². The minimum Gasteiger partial charge on any atom is -0.444 e. The molecule has 0 unspecified atom stereocenters. The van der Waals surface area contributed by atoms with E-state index in [1.807, 2.05) is 20.8 Å². The molecule has 0 aliphatic heterocycles. The van der Waals surface area contributed by atoms with Crippen molar-refractivity contribution < 1.29 is 9.53 Å². The van der Waals surface area contributed by atoms with Gasteiger partial charge in [0.15, 0.2) is 5.96 Å². The molecule has 0 heterocycles. The molecular formula is C10H23IN4O2. The summed E-state index contributed by atoms with van der Waals surface area (Å²) in [6.07, 6.45) is -0.346. The molecule has 0 aliphatic rings. The highest BCUT2D eigenvalue weighted by molar-refractivity contribution is 14.0. The molecule has 7 heteroatoms. The van der Waals surface area contributed by atoms with Gasteiger partial charge in [-0.2, -0.15) is 0 Å². The molecule has 0 aromatic rings. The number of likely N-dealkylation sites (N-methyl/N-ethyl adjacent to an activating group) is 1. The van der Waals surface area contributed by atoms with Crippen LogP contribution in [-0.4, -0.2) is 49.7 Å². The molecule has 3 N–H and O–H groups in total. The van der Waals surface area contributed by atoms with Crippen LogP contribution in [0.4, 0.5) is 4.79 Å². The quantitative estimate of drug-likeness (QED) is 0.448. The van der Waals surface area contributed by atoms with Crippen molar-refractivity contribution in [3.05, 3.63) is 0 Å². The van der Waals surface area contributed by atoms with E-state index < -0.39 is 5.60 Å². The van der Waals surface area contributed by atoms with Crippen LogP contribution in [0.25, 0.3) is 0 Å². The second-order valence-electron chi connectivity index (χ2n) is 4.44. The number of aliphatic imine (C=N–C) groups is 1. The Labute approximate surface area is 120 Å². The standard InChI is InChI=1S/C10H22N4O2.HI/c1-10(2,3)16-9(15)14(5)7-6-13-8(11)12-4;/h6-7H2,1-5H3,(H3,11,12,13);1H. The normalized spacial score (nSPS) is 11.5. The first kappa shape index (κ1) is 18.6. The van der Waals surface area contributed by atoms with E-state index in [9.17, 15) is 4.79 Å². The zero-order valence-corrected chi connectivity index (χ0v) is 13.4. The van der Waals surface area contributed by atoms with Crippen LogP contribution < -0.4 is 11.1 Å². The highest BCUT2D eigenvalue weighted by Gasteiger charge is 2.18. The molecule has 0 fully saturated rings. The van der Waals surface area contributed by atoms with Gasteiger partial charge < -0.3 is 20.7 Å². The van der Waals surface area contributed by atoms with Crippen LogP contribution in [0.3, 0.4) is 0 Å². The number of hydrogen-bond acceptors (Lipinski definition) is 3. The summed E-state index contributed by atoms with van der Waals surface area (Å²) in [5.41, 5.74) is 4.97. The van der Waals surface area contributed by atoms with Crippen molar-refractivity contribution in [2.45, 2.75) is 26.4 Å². The number of rotatable bonds is 3. The van der Waals surface area contributed by atoms with Gasteiger partial charge in [-0.25, -0.2) is 4.79 Å². The summed E-state index contributed by atoms with van der Waals surface area (Å²) < 4.78 is 5.18. The number of guanidine groups is 1. The Kier molecular flexibility index (Phi) is 9.18. The minimum atomic E-state index is -0.470. The van der Waals surface area contributed by atoms with E-state index in [0.717, 1.165) is 0 Å². The number of carbonyl (C=O) groups excluding carboxylic acids is 1. The summed E-state index contributed by atoms with van der Waals surface area (Å²) in [7, 11) is 3.27. The monoisotopic (exact) mass is 358 g/mol. The molecule has 6 nitrogen and oxygen atoms in total. The molecule has 0 aliphatic carbocycles. The van der Waals surface area contributed by atoms with E-state index in [1.165, 1.54) is 4.90 Å². The van der Waals surface area contributed by atoms with Crippen LogP contribution in [0.5, 0.6) is 0 Å². The highest BCUT2D eigenvalue weighted by Crippen LogP contribution is 2.08. The van der Waals surface area contributed by atoms with E-state index in [1.54, 1.807) is 14.1 Å². The summed E-state index contributed by atoms with van der Waals surface area (Å²) >= 11 is 0. The summed E-state index contributed by atoms with van der Waals surface area (Å²) in [5.74, 6) is 0.359. The molecule has 17 heavy (non-hydrogen) atoms. The fourth-order valence-corrected chi connectivity index (χ4v) is 0.862. The highest BCUT2D eigenvalue weighted by atomic mass is 127. The predicted molar refractivity (Wildman–Crippen MR) is 79.8 cm³/mol. The van der Waals surface area contributed by atoms with Crippen molar-refractivity contribution in [3.63, 3.8) is 0 Å². The van der Waals surface area contributed by atoms with Crippen molar-refractivity contribution in [2.75, 3.05) is 27.2 Å². The zero-order chi connectivity index (χ0) is 12.8. The summed E-state index contributed by atoms with van der Waals surface area (Å²) in [6, 6.07) is 0. The molecular weight excluding hydrogens is 335 g/mol. The van der Waals surface area contributed by atoms with E-state index in [-0.39, 0.29) is 30.1 Å². The van der Waals surface area contributed by atoms with Crippen LogP contribution in [0.1, 0.15) is 20.8 Å². The first-order valence-corrected chi connectivity index (χ1v) is 5.16. The summed E-state index contributed by atoms with van der Waals surface area (Å²) in [6.45, 7) is 6.54. The van der Waals surface area contributed by atoms with Crippen LogP contribution in [0.15, 0.2) is 4.99 Å². The van der Waals surface area contributed by atoms with Crippen molar-refractivity contribution in [1.82, 2.24) is 10.2 Å². The molecule has 102 valence electrons. The average molecular weight is 358 g/mol. The Morgan fingerprint density at radius 1 is 1.47 bits per heavy atom. The number of nitrogens with one attached hydrogen (secondary N) is 1. The number of nitrogens with zero attached hydrogens (tertiary/aromatic N) is 2. The van der Waals surface area contributed by atoms with Gasteiger partial charge in [0, 0.05) is 27.2 Å². The maximum atomic E-state index is 11.5. The molecule has 0 rings (SSSR count). The molecule has 0 aromatic carbocycles. The first-order valence-electron chi connectivity index (χ1n) is 5.16. The van der Waals surface area contributed by atoms with Crippen LogP contribution in [0, 0.1) is 0 Å². The third kappa shape index (κ3) is 10.2. The van der Waals surface area contributed by atoms with Gasteiger partial charge in [-0.05, 0) is 20.8 Å². The van der Waals surface area contributed by atoms with Crippen molar-refractivity contribution in [2.24, 2.45) is 10.7 Å². The maximum Gasteiger partial charge on any atom is 0.410 e. The van der Waals surface area contributed by atoms with E-state index in [0.29, 0.717) is 19.0 Å². The molecule has 0 radical (unpaired) electrons. The Bertz CT molecular complexity index is 264. The van der Waals surface area contributed by atoms with Gasteiger partial charge in [0.2, 0.25) is 0 Å². The molecule has 0 saturated carbocycles. The van der Waals surface area contributed by atoms with Crippen LogP contribution in [0.2, 0.25) is 0 Å². The summed E-state index contributed by atoms with van der Waals surface area (Å²) in [4.78, 5) is 16.7. The maximum absolute atomic E-state index is 11.5. The van der Waals surface area contributed by atoms with Gasteiger partial charge in [0.05, 0.1) is 0 Å². The smallest absolute Gasteiger partial charge is 0.410 e. The zero-order valence-electron chi connectivity index (χ0n) is 11.1. The lowest BCUT2D eigenvalue weighted by atomic mass is 10.2.